The summed E-state index contributed by atoms with van der Waals surface area (Å²) < 4.78 is 0. The molecule has 1 heterocycles. The number of rotatable bonds is 1. The maximum atomic E-state index is 2.58. The fraction of sp³-hybridized carbons (Fsp3) is 0.600. The number of nitrogens with zero attached hydrogens (tertiary/aromatic N) is 1. The number of benzene rings is 1. The Hall–Kier alpha value is -0.820. The van der Waals surface area contributed by atoms with Crippen molar-refractivity contribution < 1.29 is 0 Å². The molecule has 0 aromatic heterocycles. The summed E-state index contributed by atoms with van der Waals surface area (Å²) in [6, 6.07) is 9.76. The Morgan fingerprint density at radius 1 is 1.38 bits per heavy atom. The molecule has 0 unspecified atom stereocenters. The van der Waals surface area contributed by atoms with Crippen LogP contribution in [-0.2, 0) is 6.42 Å². The predicted octanol–water partition coefficient (Wildman–Crippen LogP) is 3.41. The van der Waals surface area contributed by atoms with Gasteiger partial charge in [0.1, 0.15) is 0 Å². The van der Waals surface area contributed by atoms with E-state index in [4.69, 9.17) is 0 Å². The minimum atomic E-state index is 0.538. The van der Waals surface area contributed by atoms with Gasteiger partial charge < -0.3 is 0 Å². The summed E-state index contributed by atoms with van der Waals surface area (Å²) in [5.74, 6) is 0. The molecule has 0 saturated carbocycles. The van der Waals surface area contributed by atoms with Crippen molar-refractivity contribution in [3.63, 3.8) is 0 Å². The molecule has 1 aliphatic heterocycles. The van der Waals surface area contributed by atoms with Crippen molar-refractivity contribution in [2.24, 2.45) is 5.41 Å². The molecule has 1 fully saturated rings. The molecular formula is C15H21N. The Balaban J connectivity index is 2.09. The van der Waals surface area contributed by atoms with E-state index in [1.54, 1.807) is 11.1 Å². The van der Waals surface area contributed by atoms with E-state index >= 15 is 0 Å². The summed E-state index contributed by atoms with van der Waals surface area (Å²) in [6.07, 6.45) is 5.40. The molecule has 86 valence electrons. The Kier molecular flexibility index (Phi) is 2.32. The van der Waals surface area contributed by atoms with E-state index in [1.165, 1.54) is 32.2 Å². The molecule has 0 N–H and O–H groups in total. The molecule has 0 radical (unpaired) electrons. The maximum absolute atomic E-state index is 2.58. The van der Waals surface area contributed by atoms with E-state index in [1.807, 2.05) is 0 Å². The smallest absolute Gasteiger partial charge is 0.0407 e. The first-order chi connectivity index (χ1) is 7.77. The third-order valence-electron chi connectivity index (χ3n) is 4.80. The van der Waals surface area contributed by atoms with Gasteiger partial charge in [-0.2, -0.15) is 0 Å². The van der Waals surface area contributed by atoms with Gasteiger partial charge in [0.25, 0.3) is 0 Å². The molecule has 16 heavy (non-hydrogen) atoms. The fourth-order valence-electron chi connectivity index (χ4n) is 4.00. The minimum absolute atomic E-state index is 0.538. The summed E-state index contributed by atoms with van der Waals surface area (Å²) in [7, 11) is 2.30. The zero-order chi connectivity index (χ0) is 11.2. The molecule has 0 bridgehead atoms. The number of hydrogen-bond acceptors (Lipinski definition) is 1. The molecule has 1 aromatic carbocycles. The first-order valence-corrected chi connectivity index (χ1v) is 6.55. The van der Waals surface area contributed by atoms with Gasteiger partial charge >= 0.3 is 0 Å². The third-order valence-corrected chi connectivity index (χ3v) is 4.80. The van der Waals surface area contributed by atoms with E-state index in [9.17, 15) is 0 Å². The lowest BCUT2D eigenvalue weighted by Gasteiger charge is -2.45. The monoisotopic (exact) mass is 215 g/mol. The van der Waals surface area contributed by atoms with Gasteiger partial charge in [0, 0.05) is 6.04 Å². The van der Waals surface area contributed by atoms with Gasteiger partial charge in [0.05, 0.1) is 0 Å². The van der Waals surface area contributed by atoms with Crippen molar-refractivity contribution in [3.8, 4) is 0 Å². The summed E-state index contributed by atoms with van der Waals surface area (Å²) in [5.41, 5.74) is 3.74. The highest BCUT2D eigenvalue weighted by atomic mass is 15.2. The second-order valence-corrected chi connectivity index (χ2v) is 5.58. The zero-order valence-electron chi connectivity index (χ0n) is 10.4. The quantitative estimate of drug-likeness (QED) is 0.694. The van der Waals surface area contributed by atoms with Crippen LogP contribution in [-0.4, -0.2) is 18.5 Å². The lowest BCUT2D eigenvalue weighted by atomic mass is 9.72. The molecule has 0 spiro atoms. The lowest BCUT2D eigenvalue weighted by molar-refractivity contribution is 0.0404. The Morgan fingerprint density at radius 3 is 3.00 bits per heavy atom. The highest BCUT2D eigenvalue weighted by Crippen LogP contribution is 2.55. The topological polar surface area (TPSA) is 3.24 Å². The van der Waals surface area contributed by atoms with Crippen LogP contribution in [0.15, 0.2) is 24.3 Å². The van der Waals surface area contributed by atoms with E-state index in [0.29, 0.717) is 11.5 Å². The van der Waals surface area contributed by atoms with Crippen LogP contribution in [0.5, 0.6) is 0 Å². The summed E-state index contributed by atoms with van der Waals surface area (Å²) in [6.45, 7) is 3.64. The molecular weight excluding hydrogens is 194 g/mol. The largest absolute Gasteiger partial charge is 0.299 e. The van der Waals surface area contributed by atoms with Crippen LogP contribution in [0.4, 0.5) is 0 Å². The molecule has 1 aromatic rings. The first-order valence-electron chi connectivity index (χ1n) is 6.55. The van der Waals surface area contributed by atoms with E-state index in [-0.39, 0.29) is 0 Å². The molecule has 1 nitrogen and oxygen atoms in total. The Labute approximate surface area is 98.5 Å². The van der Waals surface area contributed by atoms with Crippen molar-refractivity contribution >= 4 is 0 Å². The first kappa shape index (κ1) is 10.3. The predicted molar refractivity (Wildman–Crippen MR) is 67.5 cm³/mol. The average molecular weight is 215 g/mol. The van der Waals surface area contributed by atoms with Gasteiger partial charge in [-0.25, -0.2) is 0 Å². The van der Waals surface area contributed by atoms with Gasteiger partial charge in [0.2, 0.25) is 0 Å². The number of piperidine rings is 1. The highest BCUT2D eigenvalue weighted by Gasteiger charge is 2.47. The van der Waals surface area contributed by atoms with Crippen LogP contribution in [0.25, 0.3) is 0 Å². The molecule has 0 amide bonds. The maximum Gasteiger partial charge on any atom is 0.0407 e. The van der Waals surface area contributed by atoms with E-state index in [2.05, 4.69) is 43.1 Å². The lowest BCUT2D eigenvalue weighted by Crippen LogP contribution is -2.41. The second-order valence-electron chi connectivity index (χ2n) is 5.58. The van der Waals surface area contributed by atoms with Crippen LogP contribution in [0, 0.1) is 5.41 Å². The molecule has 3 rings (SSSR count). The van der Waals surface area contributed by atoms with Gasteiger partial charge in [-0.05, 0) is 55.8 Å². The fourth-order valence-corrected chi connectivity index (χ4v) is 4.00. The number of fused-ring (bicyclic) bond motifs is 3. The molecule has 2 atom stereocenters. The van der Waals surface area contributed by atoms with Crippen molar-refractivity contribution in [2.75, 3.05) is 13.6 Å². The third kappa shape index (κ3) is 1.27. The molecule has 1 saturated heterocycles. The van der Waals surface area contributed by atoms with Gasteiger partial charge in [-0.3, -0.25) is 4.90 Å². The van der Waals surface area contributed by atoms with Gasteiger partial charge in [-0.1, -0.05) is 31.2 Å². The summed E-state index contributed by atoms with van der Waals surface area (Å²) >= 11 is 0. The van der Waals surface area contributed by atoms with Crippen LogP contribution in [0.1, 0.15) is 43.4 Å². The molecule has 1 aliphatic carbocycles. The number of likely N-dealkylation sites (tertiary alicyclic amines) is 1. The summed E-state index contributed by atoms with van der Waals surface area (Å²) in [4.78, 5) is 2.58. The van der Waals surface area contributed by atoms with Crippen molar-refractivity contribution in [1.29, 1.82) is 0 Å². The van der Waals surface area contributed by atoms with Crippen LogP contribution < -0.4 is 0 Å². The van der Waals surface area contributed by atoms with Crippen LogP contribution in [0.2, 0.25) is 0 Å². The number of hydrogen-bond donors (Lipinski definition) is 0. The van der Waals surface area contributed by atoms with Gasteiger partial charge in [0.15, 0.2) is 0 Å². The van der Waals surface area contributed by atoms with Crippen LogP contribution in [0.3, 0.4) is 0 Å². The second kappa shape index (κ2) is 3.59. The van der Waals surface area contributed by atoms with Crippen molar-refractivity contribution in [1.82, 2.24) is 4.90 Å². The minimum Gasteiger partial charge on any atom is -0.299 e. The SMILES string of the molecule is CC[C@]12CCCN(C)[C@@H]1c1ccccc1C2. The van der Waals surface area contributed by atoms with E-state index < -0.39 is 0 Å². The average Bonchev–Trinajstić information content (AvgIpc) is 2.65. The Morgan fingerprint density at radius 2 is 2.19 bits per heavy atom. The van der Waals surface area contributed by atoms with Gasteiger partial charge in [-0.15, -0.1) is 0 Å². The normalized spacial score (nSPS) is 33.5. The van der Waals surface area contributed by atoms with Crippen molar-refractivity contribution in [3.05, 3.63) is 35.4 Å². The molecule has 2 aliphatic rings. The van der Waals surface area contributed by atoms with Crippen molar-refractivity contribution in [2.45, 2.75) is 38.6 Å². The summed E-state index contributed by atoms with van der Waals surface area (Å²) in [5, 5.41) is 0. The van der Waals surface area contributed by atoms with E-state index in [0.717, 1.165) is 0 Å². The molecule has 1 heteroatoms. The standard InChI is InChI=1S/C15H21N/c1-3-15-9-6-10-16(2)14(15)13-8-5-4-7-12(13)11-15/h4-5,7-8,14H,3,6,9-11H2,1-2H3/t14-,15-/m1/s1. The van der Waals surface area contributed by atoms with Crippen LogP contribution >= 0.6 is 0 Å². The highest BCUT2D eigenvalue weighted by molar-refractivity contribution is 5.38. The Bertz CT molecular complexity index is 398. The zero-order valence-corrected chi connectivity index (χ0v) is 10.4.